The van der Waals surface area contributed by atoms with Crippen molar-refractivity contribution in [3.05, 3.63) is 70.1 Å². The van der Waals surface area contributed by atoms with E-state index in [2.05, 4.69) is 16.0 Å². The number of hydrogen-bond acceptors (Lipinski definition) is 7. The molecule has 10 nitrogen and oxygen atoms in total. The molecule has 0 radical (unpaired) electrons. The number of thioether (sulfide) groups is 1. The Hall–Kier alpha value is -4.12. The summed E-state index contributed by atoms with van der Waals surface area (Å²) in [7, 11) is 0. The molecule has 0 aliphatic carbocycles. The second-order valence-electron chi connectivity index (χ2n) is 7.32. The van der Waals surface area contributed by atoms with Crippen molar-refractivity contribution < 1.29 is 34.2 Å². The standard InChI is InChI=1S/C23H21N3O7S/c27-19(28)9-8-17(22(31)32)25-20(29)15-2-1-3-16(11-15)24-12-14-6-4-13(5-7-14)10-18-21(30)26-23(33)34-18/h1-7,10-11,17,24H,8-9,12H2,(H,25,29)(H,27,28)(H,31,32)(H,26,30,33)/b18-10-/t17-/m1/s1. The lowest BCUT2D eigenvalue weighted by molar-refractivity contribution is -0.140. The van der Waals surface area contributed by atoms with Crippen molar-refractivity contribution in [2.75, 3.05) is 5.32 Å². The second-order valence-corrected chi connectivity index (χ2v) is 8.34. The first-order valence-electron chi connectivity index (χ1n) is 10.1. The van der Waals surface area contributed by atoms with E-state index >= 15 is 0 Å². The maximum Gasteiger partial charge on any atom is 0.326 e. The SMILES string of the molecule is O=C(O)CC[C@@H](NC(=O)c1cccc(NCc2ccc(/C=C3\SC(=O)NC3=O)cc2)c1)C(=O)O. The first-order valence-corrected chi connectivity index (χ1v) is 11.0. The summed E-state index contributed by atoms with van der Waals surface area (Å²) < 4.78 is 0. The Kier molecular flexibility index (Phi) is 8.04. The molecule has 0 spiro atoms. The highest BCUT2D eigenvalue weighted by Gasteiger charge is 2.25. The minimum absolute atomic E-state index is 0.222. The number of benzene rings is 2. The average Bonchev–Trinajstić information content (AvgIpc) is 3.12. The van der Waals surface area contributed by atoms with Crippen LogP contribution in [-0.4, -0.2) is 45.2 Å². The molecule has 1 aliphatic rings. The van der Waals surface area contributed by atoms with Crippen molar-refractivity contribution in [1.82, 2.24) is 10.6 Å². The van der Waals surface area contributed by atoms with Crippen molar-refractivity contribution in [3.63, 3.8) is 0 Å². The van der Waals surface area contributed by atoms with E-state index in [9.17, 15) is 29.1 Å². The second kappa shape index (κ2) is 11.1. The van der Waals surface area contributed by atoms with E-state index in [0.717, 1.165) is 22.9 Å². The summed E-state index contributed by atoms with van der Waals surface area (Å²) in [4.78, 5) is 57.6. The topological polar surface area (TPSA) is 162 Å². The molecule has 1 aliphatic heterocycles. The lowest BCUT2D eigenvalue weighted by atomic mass is 10.1. The zero-order valence-corrected chi connectivity index (χ0v) is 18.6. The highest BCUT2D eigenvalue weighted by atomic mass is 32.2. The zero-order chi connectivity index (χ0) is 24.7. The smallest absolute Gasteiger partial charge is 0.326 e. The van der Waals surface area contributed by atoms with Gasteiger partial charge in [-0.3, -0.25) is 24.5 Å². The molecule has 1 atom stereocenters. The van der Waals surface area contributed by atoms with Gasteiger partial charge in [0.2, 0.25) is 0 Å². The molecule has 3 amide bonds. The van der Waals surface area contributed by atoms with Crippen LogP contribution in [0.3, 0.4) is 0 Å². The zero-order valence-electron chi connectivity index (χ0n) is 17.7. The van der Waals surface area contributed by atoms with E-state index in [1.807, 2.05) is 24.3 Å². The minimum atomic E-state index is -1.31. The number of imide groups is 1. The monoisotopic (exact) mass is 483 g/mol. The highest BCUT2D eigenvalue weighted by molar-refractivity contribution is 8.18. The number of aliphatic carboxylic acids is 2. The number of anilines is 1. The summed E-state index contributed by atoms with van der Waals surface area (Å²) in [6, 6.07) is 12.5. The van der Waals surface area contributed by atoms with E-state index < -0.39 is 35.0 Å². The van der Waals surface area contributed by atoms with Crippen LogP contribution in [0.15, 0.2) is 53.4 Å². The Morgan fingerprint density at radius 2 is 1.79 bits per heavy atom. The number of carboxylic acids is 2. The molecule has 11 heteroatoms. The lowest BCUT2D eigenvalue weighted by Gasteiger charge is -2.14. The van der Waals surface area contributed by atoms with E-state index in [1.165, 1.54) is 6.07 Å². The molecule has 34 heavy (non-hydrogen) atoms. The van der Waals surface area contributed by atoms with Gasteiger partial charge in [0.15, 0.2) is 0 Å². The van der Waals surface area contributed by atoms with Gasteiger partial charge in [-0.25, -0.2) is 4.79 Å². The quantitative estimate of drug-likeness (QED) is 0.320. The van der Waals surface area contributed by atoms with Crippen molar-refractivity contribution in [3.8, 4) is 0 Å². The van der Waals surface area contributed by atoms with E-state index in [4.69, 9.17) is 5.11 Å². The van der Waals surface area contributed by atoms with Gasteiger partial charge in [0.25, 0.3) is 17.1 Å². The number of nitrogens with one attached hydrogen (secondary N) is 3. The first kappa shape index (κ1) is 24.5. The van der Waals surface area contributed by atoms with Crippen LogP contribution in [-0.2, 0) is 20.9 Å². The molecule has 0 aromatic heterocycles. The van der Waals surface area contributed by atoms with Gasteiger partial charge in [0.05, 0.1) is 4.91 Å². The number of carboxylic acid groups (broad SMARTS) is 2. The fraction of sp³-hybridized carbons (Fsp3) is 0.174. The van der Waals surface area contributed by atoms with Crippen molar-refractivity contribution in [1.29, 1.82) is 0 Å². The predicted molar refractivity (Wildman–Crippen MR) is 125 cm³/mol. The molecule has 0 saturated carbocycles. The fourth-order valence-corrected chi connectivity index (χ4v) is 3.73. The molecule has 1 heterocycles. The number of carbonyl (C=O) groups is 5. The summed E-state index contributed by atoms with van der Waals surface area (Å²) in [5.41, 5.74) is 2.56. The first-order chi connectivity index (χ1) is 16.2. The summed E-state index contributed by atoms with van der Waals surface area (Å²) in [6.07, 6.45) is 1.03. The van der Waals surface area contributed by atoms with Crippen LogP contribution >= 0.6 is 11.8 Å². The summed E-state index contributed by atoms with van der Waals surface area (Å²) in [5, 5.41) is 25.3. The molecule has 1 fully saturated rings. The van der Waals surface area contributed by atoms with Crippen LogP contribution in [0.1, 0.15) is 34.3 Å². The third-order valence-corrected chi connectivity index (χ3v) is 5.60. The van der Waals surface area contributed by atoms with E-state index in [-0.39, 0.29) is 18.4 Å². The van der Waals surface area contributed by atoms with Crippen molar-refractivity contribution in [2.45, 2.75) is 25.4 Å². The van der Waals surface area contributed by atoms with Crippen LogP contribution < -0.4 is 16.0 Å². The molecular formula is C23H21N3O7S. The molecule has 3 rings (SSSR count). The van der Waals surface area contributed by atoms with Gasteiger partial charge < -0.3 is 20.8 Å². The Labute approximate surface area is 198 Å². The molecule has 2 aromatic carbocycles. The van der Waals surface area contributed by atoms with Gasteiger partial charge >= 0.3 is 11.9 Å². The van der Waals surface area contributed by atoms with Crippen LogP contribution in [0.25, 0.3) is 6.08 Å². The predicted octanol–water partition coefficient (Wildman–Crippen LogP) is 2.67. The van der Waals surface area contributed by atoms with Crippen molar-refractivity contribution >= 4 is 52.5 Å². The minimum Gasteiger partial charge on any atom is -0.481 e. The molecule has 176 valence electrons. The molecule has 2 aromatic rings. The number of hydrogen-bond donors (Lipinski definition) is 5. The summed E-state index contributed by atoms with van der Waals surface area (Å²) in [6.45, 7) is 0.437. The summed E-state index contributed by atoms with van der Waals surface area (Å²) >= 11 is 0.851. The Balaban J connectivity index is 1.59. The van der Waals surface area contributed by atoms with E-state index in [0.29, 0.717) is 17.1 Å². The number of rotatable bonds is 10. The third kappa shape index (κ3) is 6.94. The summed E-state index contributed by atoms with van der Waals surface area (Å²) in [5.74, 6) is -3.48. The Morgan fingerprint density at radius 3 is 2.41 bits per heavy atom. The largest absolute Gasteiger partial charge is 0.481 e. The number of carbonyl (C=O) groups excluding carboxylic acids is 3. The van der Waals surface area contributed by atoms with Crippen LogP contribution in [0.2, 0.25) is 0 Å². The molecule has 1 saturated heterocycles. The Morgan fingerprint density at radius 1 is 1.06 bits per heavy atom. The fourth-order valence-electron chi connectivity index (χ4n) is 3.05. The van der Waals surface area contributed by atoms with Gasteiger partial charge in [-0.1, -0.05) is 30.3 Å². The van der Waals surface area contributed by atoms with Gasteiger partial charge in [0.1, 0.15) is 6.04 Å². The maximum absolute atomic E-state index is 12.4. The highest BCUT2D eigenvalue weighted by Crippen LogP contribution is 2.25. The van der Waals surface area contributed by atoms with Crippen LogP contribution in [0, 0.1) is 0 Å². The maximum atomic E-state index is 12.4. The van der Waals surface area contributed by atoms with Gasteiger partial charge in [-0.2, -0.15) is 0 Å². The van der Waals surface area contributed by atoms with Crippen LogP contribution in [0.5, 0.6) is 0 Å². The molecule has 0 unspecified atom stereocenters. The average molecular weight is 484 g/mol. The van der Waals surface area contributed by atoms with Gasteiger partial charge in [-0.05, 0) is 53.6 Å². The third-order valence-electron chi connectivity index (χ3n) is 4.79. The van der Waals surface area contributed by atoms with Crippen molar-refractivity contribution in [2.24, 2.45) is 0 Å². The van der Waals surface area contributed by atoms with Gasteiger partial charge in [0, 0.05) is 24.2 Å². The Bertz CT molecular complexity index is 1160. The normalized spacial score (nSPS) is 15.0. The lowest BCUT2D eigenvalue weighted by Crippen LogP contribution is -2.41. The van der Waals surface area contributed by atoms with Crippen LogP contribution in [0.4, 0.5) is 10.5 Å². The molecule has 5 N–H and O–H groups in total. The number of amides is 3. The van der Waals surface area contributed by atoms with E-state index in [1.54, 1.807) is 24.3 Å². The molecular weight excluding hydrogens is 462 g/mol. The molecule has 0 bridgehead atoms. The van der Waals surface area contributed by atoms with Gasteiger partial charge in [-0.15, -0.1) is 0 Å².